The molecule has 1 aromatic heterocycles. The molecule has 4 heterocycles. The van der Waals surface area contributed by atoms with Crippen LogP contribution in [0, 0.1) is 19.8 Å². The first kappa shape index (κ1) is 11.5. The van der Waals surface area contributed by atoms with E-state index in [-0.39, 0.29) is 0 Å². The van der Waals surface area contributed by atoms with Gasteiger partial charge in [0.05, 0.1) is 0 Å². The lowest BCUT2D eigenvalue weighted by Gasteiger charge is -2.45. The summed E-state index contributed by atoms with van der Waals surface area (Å²) >= 11 is 0. The van der Waals surface area contributed by atoms with E-state index in [1.165, 1.54) is 54.6 Å². The summed E-state index contributed by atoms with van der Waals surface area (Å²) in [6, 6.07) is 6.86. The van der Waals surface area contributed by atoms with Gasteiger partial charge in [0.15, 0.2) is 0 Å². The van der Waals surface area contributed by atoms with Crippen molar-refractivity contribution in [2.75, 3.05) is 19.6 Å². The molecule has 0 amide bonds. The fourth-order valence-corrected chi connectivity index (χ4v) is 4.24. The minimum atomic E-state index is 0.749. The van der Waals surface area contributed by atoms with E-state index in [1.54, 1.807) is 5.56 Å². The third kappa shape index (κ3) is 1.73. The van der Waals surface area contributed by atoms with Crippen LogP contribution in [-0.4, -0.2) is 29.5 Å². The smallest absolute Gasteiger partial charge is 0.0461 e. The fourth-order valence-electron chi connectivity index (χ4n) is 4.24. The molecule has 3 aliphatic heterocycles. The lowest BCUT2D eigenvalue weighted by Crippen LogP contribution is -2.46. The maximum atomic E-state index is 3.61. The quantitative estimate of drug-likeness (QED) is 0.824. The van der Waals surface area contributed by atoms with Crippen LogP contribution in [0.1, 0.15) is 35.6 Å². The van der Waals surface area contributed by atoms with Crippen molar-refractivity contribution < 1.29 is 0 Å². The lowest BCUT2D eigenvalue weighted by molar-refractivity contribution is 0.0874. The number of aryl methyl sites for hydroxylation is 2. The number of benzene rings is 1. The summed E-state index contributed by atoms with van der Waals surface area (Å²) in [6.45, 7) is 8.33. The van der Waals surface area contributed by atoms with Crippen LogP contribution in [0.3, 0.4) is 0 Å². The van der Waals surface area contributed by atoms with Gasteiger partial charge in [-0.05, 0) is 62.9 Å². The Morgan fingerprint density at radius 2 is 1.95 bits per heavy atom. The number of hydrogen-bond acceptors (Lipinski definition) is 1. The Morgan fingerprint density at radius 1 is 1.16 bits per heavy atom. The van der Waals surface area contributed by atoms with E-state index in [2.05, 4.69) is 41.9 Å². The molecule has 3 aliphatic rings. The van der Waals surface area contributed by atoms with Crippen molar-refractivity contribution in [1.82, 2.24) is 9.88 Å². The van der Waals surface area contributed by atoms with Crippen LogP contribution in [0.5, 0.6) is 0 Å². The summed E-state index contributed by atoms with van der Waals surface area (Å²) in [6.07, 6.45) is 2.78. The standard InChI is InChI=1S/C17H22N2/c1-11-3-4-14-16(9-11)18-12(2)17(14)15-10-19-7-5-13(15)6-8-19/h3-4,9,13,15,18H,5-8,10H2,1-2H3. The molecular formula is C17H22N2. The molecule has 0 radical (unpaired) electrons. The van der Waals surface area contributed by atoms with Gasteiger partial charge >= 0.3 is 0 Å². The molecule has 1 unspecified atom stereocenters. The number of aromatic nitrogens is 1. The molecule has 2 aromatic rings. The van der Waals surface area contributed by atoms with Gasteiger partial charge in [0.1, 0.15) is 0 Å². The van der Waals surface area contributed by atoms with Crippen LogP contribution in [-0.2, 0) is 0 Å². The van der Waals surface area contributed by atoms with Crippen molar-refractivity contribution in [1.29, 1.82) is 0 Å². The molecule has 0 aliphatic carbocycles. The van der Waals surface area contributed by atoms with E-state index in [0.717, 1.165) is 11.8 Å². The van der Waals surface area contributed by atoms with E-state index < -0.39 is 0 Å². The first-order valence-corrected chi connectivity index (χ1v) is 7.53. The molecule has 1 atom stereocenters. The van der Waals surface area contributed by atoms with Gasteiger partial charge in [-0.1, -0.05) is 12.1 Å². The second-order valence-electron chi connectivity index (χ2n) is 6.46. The van der Waals surface area contributed by atoms with Crippen molar-refractivity contribution in [3.8, 4) is 0 Å². The number of H-pyrrole nitrogens is 1. The molecule has 5 rings (SSSR count). The van der Waals surface area contributed by atoms with Crippen LogP contribution >= 0.6 is 0 Å². The summed E-state index contributed by atoms with van der Waals surface area (Å²) in [5, 5.41) is 1.46. The topological polar surface area (TPSA) is 19.0 Å². The molecule has 3 fully saturated rings. The van der Waals surface area contributed by atoms with Gasteiger partial charge in [-0.3, -0.25) is 0 Å². The van der Waals surface area contributed by atoms with Crippen LogP contribution in [0.2, 0.25) is 0 Å². The van der Waals surface area contributed by atoms with Crippen LogP contribution in [0.4, 0.5) is 0 Å². The first-order chi connectivity index (χ1) is 9.22. The van der Waals surface area contributed by atoms with E-state index in [1.807, 2.05) is 0 Å². The van der Waals surface area contributed by atoms with Crippen molar-refractivity contribution in [2.24, 2.45) is 5.92 Å². The zero-order valence-electron chi connectivity index (χ0n) is 11.9. The Kier molecular flexibility index (Phi) is 2.49. The summed E-state index contributed by atoms with van der Waals surface area (Å²) in [5.74, 6) is 1.66. The maximum absolute atomic E-state index is 3.61. The largest absolute Gasteiger partial charge is 0.358 e. The van der Waals surface area contributed by atoms with Gasteiger partial charge in [0.2, 0.25) is 0 Å². The third-order valence-electron chi connectivity index (χ3n) is 5.22. The molecule has 1 N–H and O–H groups in total. The molecule has 2 nitrogen and oxygen atoms in total. The molecule has 0 spiro atoms. The normalized spacial score (nSPS) is 30.1. The van der Waals surface area contributed by atoms with Crippen molar-refractivity contribution in [3.63, 3.8) is 0 Å². The van der Waals surface area contributed by atoms with Crippen molar-refractivity contribution in [2.45, 2.75) is 32.6 Å². The number of rotatable bonds is 1. The second kappa shape index (κ2) is 4.11. The Hall–Kier alpha value is -1.28. The molecule has 1 aromatic carbocycles. The Balaban J connectivity index is 1.84. The third-order valence-corrected chi connectivity index (χ3v) is 5.22. The zero-order chi connectivity index (χ0) is 13.0. The van der Waals surface area contributed by atoms with Gasteiger partial charge in [0.25, 0.3) is 0 Å². The number of nitrogens with one attached hydrogen (secondary N) is 1. The average molecular weight is 254 g/mol. The minimum Gasteiger partial charge on any atom is -0.358 e. The van der Waals surface area contributed by atoms with Crippen LogP contribution in [0.15, 0.2) is 18.2 Å². The Morgan fingerprint density at radius 3 is 2.63 bits per heavy atom. The first-order valence-electron chi connectivity index (χ1n) is 7.53. The van der Waals surface area contributed by atoms with Gasteiger partial charge < -0.3 is 9.88 Å². The lowest BCUT2D eigenvalue weighted by atomic mass is 9.75. The summed E-state index contributed by atoms with van der Waals surface area (Å²) in [5.41, 5.74) is 5.65. The van der Waals surface area contributed by atoms with E-state index in [0.29, 0.717) is 0 Å². The van der Waals surface area contributed by atoms with Gasteiger partial charge in [-0.25, -0.2) is 0 Å². The molecule has 19 heavy (non-hydrogen) atoms. The van der Waals surface area contributed by atoms with Crippen molar-refractivity contribution >= 4 is 10.9 Å². The molecule has 2 heteroatoms. The second-order valence-corrected chi connectivity index (χ2v) is 6.46. The highest BCUT2D eigenvalue weighted by molar-refractivity contribution is 5.86. The average Bonchev–Trinajstić information content (AvgIpc) is 2.75. The van der Waals surface area contributed by atoms with Gasteiger partial charge in [0, 0.05) is 29.1 Å². The van der Waals surface area contributed by atoms with Crippen LogP contribution < -0.4 is 0 Å². The Bertz CT molecular complexity index is 617. The predicted octanol–water partition coefficient (Wildman–Crippen LogP) is 3.59. The summed E-state index contributed by atoms with van der Waals surface area (Å²) in [4.78, 5) is 6.26. The monoisotopic (exact) mass is 254 g/mol. The molecule has 100 valence electrons. The number of fused-ring (bicyclic) bond motifs is 4. The highest BCUT2D eigenvalue weighted by Crippen LogP contribution is 2.42. The maximum Gasteiger partial charge on any atom is 0.0461 e. The molecule has 2 bridgehead atoms. The number of piperidine rings is 3. The van der Waals surface area contributed by atoms with Gasteiger partial charge in [-0.15, -0.1) is 0 Å². The van der Waals surface area contributed by atoms with E-state index in [9.17, 15) is 0 Å². The summed E-state index contributed by atoms with van der Waals surface area (Å²) in [7, 11) is 0. The highest BCUT2D eigenvalue weighted by Gasteiger charge is 2.36. The molecule has 0 saturated carbocycles. The number of nitrogens with zero attached hydrogens (tertiary/aromatic N) is 1. The number of aromatic amines is 1. The minimum absolute atomic E-state index is 0.749. The molecular weight excluding hydrogens is 232 g/mol. The fraction of sp³-hybridized carbons (Fsp3) is 0.529. The van der Waals surface area contributed by atoms with E-state index in [4.69, 9.17) is 0 Å². The number of hydrogen-bond donors (Lipinski definition) is 1. The predicted molar refractivity (Wildman–Crippen MR) is 79.7 cm³/mol. The SMILES string of the molecule is Cc1ccc2c(C3CN4CCC3CC4)c(C)[nH]c2c1. The zero-order valence-corrected chi connectivity index (χ0v) is 11.9. The Labute approximate surface area is 114 Å². The highest BCUT2D eigenvalue weighted by atomic mass is 15.1. The summed E-state index contributed by atoms with van der Waals surface area (Å²) < 4.78 is 0. The van der Waals surface area contributed by atoms with Crippen molar-refractivity contribution in [3.05, 3.63) is 35.0 Å². The van der Waals surface area contributed by atoms with E-state index >= 15 is 0 Å². The van der Waals surface area contributed by atoms with Crippen LogP contribution in [0.25, 0.3) is 10.9 Å². The molecule has 3 saturated heterocycles. The van der Waals surface area contributed by atoms with Gasteiger partial charge in [-0.2, -0.15) is 0 Å².